The number of hydrogen-bond acceptors (Lipinski definition) is 4. The van der Waals surface area contributed by atoms with Gasteiger partial charge in [0.25, 0.3) is 0 Å². The maximum Gasteiger partial charge on any atom is 0.175 e. The smallest absolute Gasteiger partial charge is 0.175 e. The highest BCUT2D eigenvalue weighted by molar-refractivity contribution is 7.90. The number of halogens is 2. The van der Waals surface area contributed by atoms with Crippen LogP contribution in [-0.2, 0) is 20.5 Å². The molecule has 0 aromatic heterocycles. The monoisotopic (exact) mass is 256 g/mol. The predicted molar refractivity (Wildman–Crippen MR) is 48.0 cm³/mol. The van der Waals surface area contributed by atoms with E-state index in [4.69, 9.17) is 0 Å². The van der Waals surface area contributed by atoms with Gasteiger partial charge in [-0.05, 0) is 12.1 Å². The lowest BCUT2D eigenvalue weighted by Crippen LogP contribution is -2.02. The topological polar surface area (TPSA) is 68.3 Å². The molecule has 0 aliphatic carbocycles. The molecular formula is C7H6F2O4S2. The van der Waals surface area contributed by atoms with E-state index in [1.165, 1.54) is 0 Å². The van der Waals surface area contributed by atoms with E-state index in [9.17, 15) is 25.6 Å². The largest absolute Gasteiger partial charge is 0.227 e. The van der Waals surface area contributed by atoms with Crippen LogP contribution >= 0.6 is 0 Å². The Morgan fingerprint density at radius 1 is 1.13 bits per heavy atom. The summed E-state index contributed by atoms with van der Waals surface area (Å²) in [5.74, 6) is -2.82. The van der Waals surface area contributed by atoms with Gasteiger partial charge < -0.3 is 0 Å². The van der Waals surface area contributed by atoms with E-state index in [0.29, 0.717) is 12.1 Å². The number of hydrogen-bond donors (Lipinski definition) is 1. The Balaban J connectivity index is 3.59. The summed E-state index contributed by atoms with van der Waals surface area (Å²) < 4.78 is 68.7. The molecule has 0 saturated heterocycles. The summed E-state index contributed by atoms with van der Waals surface area (Å²) in [6.07, 6.45) is 0.762. The first-order valence-corrected chi connectivity index (χ1v) is 6.64. The third-order valence-corrected chi connectivity index (χ3v) is 3.49. The van der Waals surface area contributed by atoms with E-state index in [0.717, 1.165) is 6.26 Å². The van der Waals surface area contributed by atoms with Crippen LogP contribution in [0.15, 0.2) is 21.9 Å². The summed E-state index contributed by atoms with van der Waals surface area (Å²) >= 11 is 0. The molecule has 15 heavy (non-hydrogen) atoms. The molecule has 84 valence electrons. The van der Waals surface area contributed by atoms with E-state index in [1.54, 1.807) is 0 Å². The Kier molecular flexibility index (Phi) is 3.10. The standard InChI is InChI=1S/C7H6F2O4S2/c1-15(12,13)4-2-5(8)7(14(10)11)6(9)3-4/h2-3,14H,1H3. The van der Waals surface area contributed by atoms with Crippen molar-refractivity contribution in [1.82, 2.24) is 0 Å². The van der Waals surface area contributed by atoms with Crippen molar-refractivity contribution in [3.8, 4) is 0 Å². The molecule has 1 rings (SSSR count). The van der Waals surface area contributed by atoms with Gasteiger partial charge in [-0.15, -0.1) is 0 Å². The average Bonchev–Trinajstić information content (AvgIpc) is 1.99. The zero-order chi connectivity index (χ0) is 11.8. The molecule has 0 saturated carbocycles. The minimum Gasteiger partial charge on any atom is -0.227 e. The number of thiol groups is 1. The second-order valence-electron chi connectivity index (χ2n) is 2.76. The lowest BCUT2D eigenvalue weighted by molar-refractivity contribution is 0.518. The third kappa shape index (κ3) is 2.51. The molecule has 0 heterocycles. The van der Waals surface area contributed by atoms with Crippen LogP contribution in [0, 0.1) is 11.6 Å². The fraction of sp³-hybridized carbons (Fsp3) is 0.143. The Morgan fingerprint density at radius 3 is 1.80 bits per heavy atom. The van der Waals surface area contributed by atoms with Crippen molar-refractivity contribution in [1.29, 1.82) is 0 Å². The minimum atomic E-state index is -3.77. The van der Waals surface area contributed by atoms with Crippen molar-refractivity contribution >= 4 is 20.5 Å². The molecule has 0 spiro atoms. The van der Waals surface area contributed by atoms with Gasteiger partial charge in [0, 0.05) is 6.26 Å². The van der Waals surface area contributed by atoms with E-state index in [2.05, 4.69) is 0 Å². The minimum absolute atomic E-state index is 0.471. The van der Waals surface area contributed by atoms with Gasteiger partial charge in [-0.1, -0.05) is 0 Å². The molecule has 0 unspecified atom stereocenters. The first-order valence-electron chi connectivity index (χ1n) is 3.57. The number of rotatable bonds is 2. The summed E-state index contributed by atoms with van der Waals surface area (Å²) in [5, 5.41) is 0. The van der Waals surface area contributed by atoms with Crippen LogP contribution in [0.25, 0.3) is 0 Å². The molecule has 0 bridgehead atoms. The van der Waals surface area contributed by atoms with Crippen molar-refractivity contribution in [2.75, 3.05) is 6.26 Å². The van der Waals surface area contributed by atoms with E-state index in [-0.39, 0.29) is 0 Å². The quantitative estimate of drug-likeness (QED) is 0.775. The molecule has 1 aromatic rings. The van der Waals surface area contributed by atoms with Gasteiger partial charge in [0.1, 0.15) is 16.5 Å². The number of benzene rings is 1. The maximum absolute atomic E-state index is 13.0. The molecule has 0 radical (unpaired) electrons. The third-order valence-electron chi connectivity index (χ3n) is 1.60. The predicted octanol–water partition coefficient (Wildman–Crippen LogP) is 0.339. The van der Waals surface area contributed by atoms with Crippen molar-refractivity contribution < 1.29 is 25.6 Å². The van der Waals surface area contributed by atoms with Gasteiger partial charge in [0.2, 0.25) is 0 Å². The Morgan fingerprint density at radius 2 is 1.53 bits per heavy atom. The van der Waals surface area contributed by atoms with Crippen molar-refractivity contribution in [2.24, 2.45) is 0 Å². The number of sulfone groups is 1. The normalized spacial score (nSPS) is 12.0. The van der Waals surface area contributed by atoms with Crippen LogP contribution in [0.4, 0.5) is 8.78 Å². The SMILES string of the molecule is CS(=O)(=O)c1cc(F)c([SH](=O)=O)c(F)c1. The van der Waals surface area contributed by atoms with Crippen LogP contribution in [0.1, 0.15) is 0 Å². The molecule has 0 fully saturated rings. The van der Waals surface area contributed by atoms with Gasteiger partial charge in [-0.25, -0.2) is 25.6 Å². The lowest BCUT2D eigenvalue weighted by atomic mass is 10.3. The highest BCUT2D eigenvalue weighted by Gasteiger charge is 2.17. The fourth-order valence-corrected chi connectivity index (χ4v) is 2.04. The summed E-state index contributed by atoms with van der Waals surface area (Å²) in [6.45, 7) is 0. The van der Waals surface area contributed by atoms with Crippen LogP contribution in [0.2, 0.25) is 0 Å². The molecule has 4 nitrogen and oxygen atoms in total. The van der Waals surface area contributed by atoms with Crippen molar-refractivity contribution in [3.05, 3.63) is 23.8 Å². The molecule has 0 aliphatic heterocycles. The summed E-state index contributed by atoms with van der Waals surface area (Å²) in [4.78, 5) is -1.73. The Bertz CT molecular complexity index is 544. The molecule has 8 heteroatoms. The molecule has 1 aromatic carbocycles. The van der Waals surface area contributed by atoms with Crippen LogP contribution in [0.5, 0.6) is 0 Å². The highest BCUT2D eigenvalue weighted by Crippen LogP contribution is 2.19. The molecule has 0 aliphatic rings. The Hall–Kier alpha value is -1.02. The average molecular weight is 256 g/mol. The van der Waals surface area contributed by atoms with Gasteiger partial charge >= 0.3 is 0 Å². The van der Waals surface area contributed by atoms with E-state index < -0.39 is 42.0 Å². The molecular weight excluding hydrogens is 250 g/mol. The zero-order valence-electron chi connectivity index (χ0n) is 7.40. The van der Waals surface area contributed by atoms with E-state index in [1.807, 2.05) is 0 Å². The van der Waals surface area contributed by atoms with Gasteiger partial charge in [0.15, 0.2) is 20.5 Å². The van der Waals surface area contributed by atoms with Crippen LogP contribution in [0.3, 0.4) is 0 Å². The molecule has 0 amide bonds. The van der Waals surface area contributed by atoms with E-state index >= 15 is 0 Å². The van der Waals surface area contributed by atoms with Crippen LogP contribution in [-0.4, -0.2) is 23.1 Å². The van der Waals surface area contributed by atoms with Gasteiger partial charge in [0.05, 0.1) is 4.90 Å². The van der Waals surface area contributed by atoms with Gasteiger partial charge in [-0.3, -0.25) is 0 Å². The maximum atomic E-state index is 13.0. The molecule has 0 atom stereocenters. The fourth-order valence-electron chi connectivity index (χ4n) is 0.931. The molecule has 0 N–H and O–H groups in total. The zero-order valence-corrected chi connectivity index (χ0v) is 9.11. The first kappa shape index (κ1) is 12.1. The van der Waals surface area contributed by atoms with Gasteiger partial charge in [-0.2, -0.15) is 0 Å². The second-order valence-corrected chi connectivity index (χ2v) is 5.74. The van der Waals surface area contributed by atoms with Crippen molar-refractivity contribution in [2.45, 2.75) is 9.79 Å². The lowest BCUT2D eigenvalue weighted by Gasteiger charge is -2.01. The summed E-state index contributed by atoms with van der Waals surface area (Å²) in [5.41, 5.74) is 0. The summed E-state index contributed by atoms with van der Waals surface area (Å²) in [7, 11) is -7.20. The first-order chi connectivity index (χ1) is 6.73. The highest BCUT2D eigenvalue weighted by atomic mass is 32.2. The van der Waals surface area contributed by atoms with Crippen LogP contribution < -0.4 is 0 Å². The second kappa shape index (κ2) is 3.86. The Labute approximate surface area is 86.4 Å². The van der Waals surface area contributed by atoms with Crippen molar-refractivity contribution in [3.63, 3.8) is 0 Å². The summed E-state index contributed by atoms with van der Waals surface area (Å²) in [6, 6.07) is 0.942.